The van der Waals surface area contributed by atoms with Gasteiger partial charge in [0, 0.05) is 24.2 Å². The quantitative estimate of drug-likeness (QED) is 0.712. The Morgan fingerprint density at radius 2 is 2.06 bits per heavy atom. The zero-order valence-electron chi connectivity index (χ0n) is 8.97. The highest BCUT2D eigenvalue weighted by Crippen LogP contribution is 2.26. The third-order valence-corrected chi connectivity index (χ3v) is 2.97. The molecule has 5 nitrogen and oxygen atoms in total. The molecule has 1 aromatic carbocycles. The first kappa shape index (κ1) is 9.47. The number of hydrogen-bond acceptors (Lipinski definition) is 4. The van der Waals surface area contributed by atoms with Crippen LogP contribution in [0.1, 0.15) is 0 Å². The molecule has 0 atom stereocenters. The van der Waals surface area contributed by atoms with Gasteiger partial charge in [-0.3, -0.25) is 0 Å². The highest BCUT2D eigenvalue weighted by Gasteiger charge is 2.14. The zero-order valence-corrected chi connectivity index (χ0v) is 8.97. The number of fused-ring (bicyclic) bond motifs is 1. The van der Waals surface area contributed by atoms with Crippen LogP contribution in [0.15, 0.2) is 24.4 Å². The summed E-state index contributed by atoms with van der Waals surface area (Å²) in [6.45, 7) is 3.42. The molecule has 0 aliphatic carbocycles. The second-order valence-corrected chi connectivity index (χ2v) is 3.90. The number of aromatic nitrogens is 2. The van der Waals surface area contributed by atoms with Gasteiger partial charge in [-0.1, -0.05) is 6.07 Å². The van der Waals surface area contributed by atoms with Crippen molar-refractivity contribution in [2.45, 2.75) is 0 Å². The van der Waals surface area contributed by atoms with E-state index in [2.05, 4.69) is 16.1 Å². The van der Waals surface area contributed by atoms with Crippen LogP contribution in [-0.2, 0) is 4.74 Å². The van der Waals surface area contributed by atoms with E-state index in [4.69, 9.17) is 10.6 Å². The molecule has 84 valence electrons. The van der Waals surface area contributed by atoms with Gasteiger partial charge in [-0.15, -0.1) is 0 Å². The summed E-state index contributed by atoms with van der Waals surface area (Å²) in [6.07, 6.45) is 1.82. The van der Waals surface area contributed by atoms with Crippen molar-refractivity contribution in [3.63, 3.8) is 0 Å². The molecule has 1 saturated heterocycles. The predicted octanol–water partition coefficient (Wildman–Crippen LogP) is 0.587. The molecular formula is C11H14N4O. The van der Waals surface area contributed by atoms with Crippen molar-refractivity contribution in [2.75, 3.05) is 37.0 Å². The lowest BCUT2D eigenvalue weighted by Crippen LogP contribution is -2.36. The van der Waals surface area contributed by atoms with Crippen molar-refractivity contribution < 1.29 is 4.74 Å². The van der Waals surface area contributed by atoms with Crippen molar-refractivity contribution in [3.8, 4) is 0 Å². The van der Waals surface area contributed by atoms with Gasteiger partial charge < -0.3 is 15.5 Å². The van der Waals surface area contributed by atoms with Crippen LogP contribution in [0.5, 0.6) is 0 Å². The van der Waals surface area contributed by atoms with Gasteiger partial charge in [-0.05, 0) is 12.1 Å². The number of nitrogens with two attached hydrogens (primary N) is 1. The van der Waals surface area contributed by atoms with Crippen molar-refractivity contribution in [3.05, 3.63) is 24.4 Å². The molecule has 0 spiro atoms. The minimum atomic E-state index is 0.785. The van der Waals surface area contributed by atoms with E-state index >= 15 is 0 Å². The van der Waals surface area contributed by atoms with Crippen molar-refractivity contribution in [1.29, 1.82) is 0 Å². The summed E-state index contributed by atoms with van der Waals surface area (Å²) >= 11 is 0. The molecule has 2 aromatic rings. The van der Waals surface area contributed by atoms with Crippen LogP contribution < -0.4 is 10.7 Å². The predicted molar refractivity (Wildman–Crippen MR) is 62.9 cm³/mol. The van der Waals surface area contributed by atoms with E-state index in [9.17, 15) is 0 Å². The van der Waals surface area contributed by atoms with Crippen LogP contribution in [0, 0.1) is 0 Å². The van der Waals surface area contributed by atoms with Gasteiger partial charge in [0.15, 0.2) is 0 Å². The molecule has 0 unspecified atom stereocenters. The zero-order chi connectivity index (χ0) is 11.0. The summed E-state index contributed by atoms with van der Waals surface area (Å²) in [4.78, 5) is 3.73. The maximum absolute atomic E-state index is 5.74. The summed E-state index contributed by atoms with van der Waals surface area (Å²) < 4.78 is 5.35. The molecule has 0 saturated carbocycles. The van der Waals surface area contributed by atoms with Gasteiger partial charge in [-0.2, -0.15) is 9.89 Å². The van der Waals surface area contributed by atoms with Gasteiger partial charge in [0.1, 0.15) is 0 Å². The number of hydrogen-bond donors (Lipinski definition) is 1. The van der Waals surface area contributed by atoms with Gasteiger partial charge in [-0.25, -0.2) is 0 Å². The van der Waals surface area contributed by atoms with Gasteiger partial charge in [0.2, 0.25) is 0 Å². The second-order valence-electron chi connectivity index (χ2n) is 3.90. The van der Waals surface area contributed by atoms with Crippen LogP contribution >= 0.6 is 0 Å². The smallest absolute Gasteiger partial charge is 0.0936 e. The van der Waals surface area contributed by atoms with Crippen molar-refractivity contribution in [2.24, 2.45) is 0 Å². The fourth-order valence-corrected chi connectivity index (χ4v) is 2.14. The fraction of sp³-hybridized carbons (Fsp3) is 0.364. The monoisotopic (exact) mass is 218 g/mol. The van der Waals surface area contributed by atoms with Crippen LogP contribution in [0.3, 0.4) is 0 Å². The van der Waals surface area contributed by atoms with Crippen molar-refractivity contribution in [1.82, 2.24) is 9.89 Å². The second kappa shape index (κ2) is 3.68. The average molecular weight is 218 g/mol. The van der Waals surface area contributed by atoms with Crippen LogP contribution in [0.25, 0.3) is 10.9 Å². The SMILES string of the molecule is Nn1ncc2c(N3CCOCC3)cccc21. The first-order valence-electron chi connectivity index (χ1n) is 5.41. The molecule has 0 radical (unpaired) electrons. The number of rotatable bonds is 1. The first-order valence-corrected chi connectivity index (χ1v) is 5.41. The summed E-state index contributed by atoms with van der Waals surface area (Å²) in [6, 6.07) is 6.10. The van der Waals surface area contributed by atoms with E-state index < -0.39 is 0 Å². The topological polar surface area (TPSA) is 56.3 Å². The molecule has 2 heterocycles. The van der Waals surface area contributed by atoms with Gasteiger partial charge >= 0.3 is 0 Å². The number of benzene rings is 1. The molecular weight excluding hydrogens is 204 g/mol. The van der Waals surface area contributed by atoms with Crippen LogP contribution in [0.4, 0.5) is 5.69 Å². The van der Waals surface area contributed by atoms with Crippen LogP contribution in [0.2, 0.25) is 0 Å². The molecule has 0 amide bonds. The Kier molecular flexibility index (Phi) is 2.18. The minimum absolute atomic E-state index is 0.785. The first-order chi connectivity index (χ1) is 7.86. The van der Waals surface area contributed by atoms with E-state index in [0.717, 1.165) is 37.2 Å². The highest BCUT2D eigenvalue weighted by atomic mass is 16.5. The Labute approximate surface area is 93.4 Å². The third kappa shape index (κ3) is 1.40. The molecule has 1 aliphatic rings. The lowest BCUT2D eigenvalue weighted by Gasteiger charge is -2.29. The molecule has 5 heteroatoms. The number of nitrogen functional groups attached to an aromatic ring is 1. The maximum Gasteiger partial charge on any atom is 0.0936 e. The Balaban J connectivity index is 2.08. The third-order valence-electron chi connectivity index (χ3n) is 2.97. The Morgan fingerprint density at radius 1 is 1.25 bits per heavy atom. The number of nitrogens with zero attached hydrogens (tertiary/aromatic N) is 3. The molecule has 16 heavy (non-hydrogen) atoms. The van der Waals surface area contributed by atoms with E-state index in [1.807, 2.05) is 18.3 Å². The molecule has 3 rings (SSSR count). The standard InChI is InChI=1S/C11H14N4O/c12-15-11-3-1-2-10(9(11)8-13-15)14-4-6-16-7-5-14/h1-3,8H,4-7,12H2. The van der Waals surface area contributed by atoms with E-state index in [0.29, 0.717) is 0 Å². The lowest BCUT2D eigenvalue weighted by molar-refractivity contribution is 0.123. The van der Waals surface area contributed by atoms with Crippen molar-refractivity contribution >= 4 is 16.6 Å². The largest absolute Gasteiger partial charge is 0.378 e. The lowest BCUT2D eigenvalue weighted by atomic mass is 10.2. The number of morpholine rings is 1. The molecule has 1 aromatic heterocycles. The highest BCUT2D eigenvalue weighted by molar-refractivity contribution is 5.92. The van der Waals surface area contributed by atoms with E-state index in [-0.39, 0.29) is 0 Å². The maximum atomic E-state index is 5.74. The van der Waals surface area contributed by atoms with E-state index in [1.165, 1.54) is 10.5 Å². The van der Waals surface area contributed by atoms with Gasteiger partial charge in [0.05, 0.1) is 24.9 Å². The molecule has 1 fully saturated rings. The molecule has 1 aliphatic heterocycles. The number of ether oxygens (including phenoxy) is 1. The van der Waals surface area contributed by atoms with Crippen LogP contribution in [-0.4, -0.2) is 36.2 Å². The summed E-state index contributed by atoms with van der Waals surface area (Å²) in [5.74, 6) is 5.74. The summed E-state index contributed by atoms with van der Waals surface area (Å²) in [5, 5.41) is 5.19. The summed E-state index contributed by atoms with van der Waals surface area (Å²) in [7, 11) is 0. The van der Waals surface area contributed by atoms with E-state index in [1.54, 1.807) is 0 Å². The average Bonchev–Trinajstić information content (AvgIpc) is 2.73. The Morgan fingerprint density at radius 3 is 2.88 bits per heavy atom. The molecule has 0 bridgehead atoms. The number of anilines is 1. The van der Waals surface area contributed by atoms with Gasteiger partial charge in [0.25, 0.3) is 0 Å². The minimum Gasteiger partial charge on any atom is -0.378 e. The normalized spacial score (nSPS) is 16.9. The Bertz CT molecular complexity index is 502. The summed E-state index contributed by atoms with van der Waals surface area (Å²) in [5.41, 5.74) is 2.15. The molecule has 2 N–H and O–H groups in total. The fourth-order valence-electron chi connectivity index (χ4n) is 2.14. The Hall–Kier alpha value is -1.75.